The van der Waals surface area contributed by atoms with E-state index in [0.29, 0.717) is 91.9 Å². The summed E-state index contributed by atoms with van der Waals surface area (Å²) < 4.78 is 15.2. The van der Waals surface area contributed by atoms with Crippen LogP contribution in [0.15, 0.2) is 61.3 Å². The molecule has 10 aromatic rings. The number of pyridine rings is 5. The number of rotatable bonds is 20. The van der Waals surface area contributed by atoms with Crippen LogP contribution in [0.4, 0.5) is 34.5 Å². The molecule has 1 amide bonds. The molecule has 5 saturated carbocycles. The highest BCUT2D eigenvalue weighted by Gasteiger charge is 2.26. The van der Waals surface area contributed by atoms with E-state index in [9.17, 15) is 28.8 Å². The first kappa shape index (κ1) is 79.0. The molecule has 27 nitrogen and oxygen atoms in total. The molecule has 6 N–H and O–H groups in total. The summed E-state index contributed by atoms with van der Waals surface area (Å²) in [5.41, 5.74) is 16.9. The van der Waals surface area contributed by atoms with Crippen LogP contribution in [0.2, 0.25) is 0 Å². The lowest BCUT2D eigenvalue weighted by Gasteiger charge is -2.23. The zero-order valence-electron chi connectivity index (χ0n) is 64.7. The Labute approximate surface area is 632 Å². The van der Waals surface area contributed by atoms with Crippen molar-refractivity contribution < 1.29 is 33.5 Å². The van der Waals surface area contributed by atoms with Crippen LogP contribution in [0.1, 0.15) is 254 Å². The second-order valence-electron chi connectivity index (χ2n) is 30.0. The van der Waals surface area contributed by atoms with Crippen molar-refractivity contribution in [3.63, 3.8) is 0 Å². The van der Waals surface area contributed by atoms with Crippen LogP contribution in [0.5, 0.6) is 0 Å². The fourth-order valence-electron chi connectivity index (χ4n) is 16.0. The highest BCUT2D eigenvalue weighted by atomic mass is 16.5. The number of aromatic nitrogens is 15. The molecular weight excluding hydrogens is 1370 g/mol. The van der Waals surface area contributed by atoms with Gasteiger partial charge in [-0.3, -0.25) is 29.3 Å². The molecule has 0 aromatic carbocycles. The smallest absolute Gasteiger partial charge is 0.413 e. The van der Waals surface area contributed by atoms with Gasteiger partial charge < -0.3 is 49.3 Å². The molecule has 5 aliphatic carbocycles. The van der Waals surface area contributed by atoms with Crippen molar-refractivity contribution in [1.82, 2.24) is 72.7 Å². The van der Waals surface area contributed by atoms with Gasteiger partial charge in [-0.1, -0.05) is 96.3 Å². The number of hydrogen-bond acceptors (Lipinski definition) is 21. The number of ketones is 5. The number of imidazole rings is 5. The van der Waals surface area contributed by atoms with Gasteiger partial charge in [0.1, 0.15) is 0 Å². The Kier molecular flexibility index (Phi) is 27.5. The number of amides is 1. The second kappa shape index (κ2) is 37.6. The van der Waals surface area contributed by atoms with Crippen LogP contribution in [-0.2, 0) is 37.5 Å². The van der Waals surface area contributed by atoms with Gasteiger partial charge in [0.15, 0.2) is 57.2 Å². The maximum Gasteiger partial charge on any atom is 0.413 e. The van der Waals surface area contributed by atoms with Crippen molar-refractivity contribution in [3.05, 3.63) is 89.1 Å². The Morgan fingerprint density at radius 3 is 0.880 bits per heavy atom. The van der Waals surface area contributed by atoms with E-state index in [2.05, 4.69) is 96.5 Å². The molecule has 5 aliphatic rings. The number of nitrogens with two attached hydrogens (primary N) is 1. The summed E-state index contributed by atoms with van der Waals surface area (Å²) >= 11 is 0. The van der Waals surface area contributed by atoms with Gasteiger partial charge in [-0.25, -0.2) is 29.7 Å². The number of nitrogens with zero attached hydrogens (tertiary/aromatic N) is 15. The molecule has 15 rings (SSSR count). The average molecular weight is 1480 g/mol. The van der Waals surface area contributed by atoms with Crippen molar-refractivity contribution in [3.8, 4) is 0 Å². The minimum Gasteiger partial charge on any atom is -0.453 e. The highest BCUT2D eigenvalue weighted by molar-refractivity contribution is 5.99. The SMILES string of the molecule is CC(=O)c1cnc2nc(N)n(CC3CCCCC3)c2c1.CCNc1nc2ncc(C(C)=O)cc2n1CC1CCCCC1.CNc1nc2ncc(C(C)=O)cc2n1CC1CCCCC1.CNc1nc2ncc(C(C)=O)cc2n1CC1CCCCC1.COC(=O)Nc1nc2ncc(C(C)=O)cc2n1CC1CCCCC1. The third-order valence-electron chi connectivity index (χ3n) is 22.1. The first-order valence-corrected chi connectivity index (χ1v) is 39.4. The maximum absolute atomic E-state index is 11.7. The molecule has 0 radical (unpaired) electrons. The van der Waals surface area contributed by atoms with E-state index in [-0.39, 0.29) is 28.9 Å². The molecule has 0 unspecified atom stereocenters. The molecule has 108 heavy (non-hydrogen) atoms. The van der Waals surface area contributed by atoms with Crippen molar-refractivity contribution in [2.45, 2.75) is 235 Å². The number of ether oxygens (including phenoxy) is 1. The number of nitrogens with one attached hydrogen (secondary N) is 4. The minimum absolute atomic E-state index is 0.0170. The van der Waals surface area contributed by atoms with Gasteiger partial charge >= 0.3 is 6.09 Å². The van der Waals surface area contributed by atoms with E-state index in [1.54, 1.807) is 58.5 Å². The summed E-state index contributed by atoms with van der Waals surface area (Å²) in [4.78, 5) is 113. The third-order valence-corrected chi connectivity index (χ3v) is 22.1. The van der Waals surface area contributed by atoms with Crippen LogP contribution in [0.25, 0.3) is 55.8 Å². The van der Waals surface area contributed by atoms with Gasteiger partial charge in [0.2, 0.25) is 29.7 Å². The van der Waals surface area contributed by atoms with Gasteiger partial charge in [-0.2, -0.15) is 24.9 Å². The van der Waals surface area contributed by atoms with Crippen molar-refractivity contribution in [2.75, 3.05) is 54.8 Å². The fourth-order valence-corrected chi connectivity index (χ4v) is 16.0. The molecule has 0 saturated heterocycles. The zero-order chi connectivity index (χ0) is 76.4. The maximum atomic E-state index is 11.7. The summed E-state index contributed by atoms with van der Waals surface area (Å²) in [5.74, 6) is 6.85. The highest BCUT2D eigenvalue weighted by Crippen LogP contribution is 2.35. The zero-order valence-corrected chi connectivity index (χ0v) is 64.7. The number of methoxy groups -OCH3 is 1. The number of carbonyl (C=O) groups is 6. The summed E-state index contributed by atoms with van der Waals surface area (Å²) in [6, 6.07) is 9.42. The van der Waals surface area contributed by atoms with E-state index in [1.807, 2.05) is 47.5 Å². The van der Waals surface area contributed by atoms with Crippen LogP contribution in [0.3, 0.4) is 0 Å². The minimum atomic E-state index is -0.568. The Bertz CT molecular complexity index is 4650. The number of nitrogen functional groups attached to an aromatic ring is 1. The molecule has 10 aromatic heterocycles. The van der Waals surface area contributed by atoms with E-state index in [0.717, 1.165) is 103 Å². The van der Waals surface area contributed by atoms with E-state index < -0.39 is 6.09 Å². The molecule has 5 fully saturated rings. The first-order chi connectivity index (χ1) is 52.3. The molecule has 0 aliphatic heterocycles. The summed E-state index contributed by atoms with van der Waals surface area (Å²) in [7, 11) is 5.07. The van der Waals surface area contributed by atoms with Gasteiger partial charge in [-0.15, -0.1) is 0 Å². The second-order valence-corrected chi connectivity index (χ2v) is 30.0. The molecular formula is C81H110N20O7. The lowest BCUT2D eigenvalue weighted by atomic mass is 9.89. The quantitative estimate of drug-likeness (QED) is 0.0443. The Morgan fingerprint density at radius 1 is 0.370 bits per heavy atom. The Morgan fingerprint density at radius 2 is 0.611 bits per heavy atom. The number of fused-ring (bicyclic) bond motifs is 5. The largest absolute Gasteiger partial charge is 0.453 e. The Hall–Kier alpha value is -10.1. The lowest BCUT2D eigenvalue weighted by Crippen LogP contribution is -2.19. The standard InChI is InChI=1S/C17H22N4O3.C17H24N4O.2C16H22N4O.C15H20N4O/c1-11(22)13-8-14-15(18-9-13)19-16(20-17(23)24-2)21(14)10-12-6-4-3-5-7-12;1-3-18-17-20-16-15(9-14(10-19-16)12(2)22)21(17)11-13-7-5-4-6-8-13;2*1-11(21)13-8-14-15(18-9-13)19-16(17-2)20(14)10-12-6-4-3-5-7-12;1-10(20)12-7-13-14(17-8-12)18-15(16)19(13)9-11-5-3-2-4-6-11/h8-9,12H,3-7,10H2,1-2H3,(H,18,19,20,23);9-10,13H,3-8,11H2,1-2H3,(H,18,19,20);2*8-9,12H,3-7,10H2,1-2H3,(H,17,18,19);7-8,11H,2-6,9H2,1H3,(H2,16,17,18). The van der Waals surface area contributed by atoms with E-state index in [4.69, 9.17) is 5.73 Å². The topological polar surface area (TPSA) is 339 Å². The molecule has 576 valence electrons. The number of anilines is 5. The van der Waals surface area contributed by atoms with Crippen molar-refractivity contribution in [2.24, 2.45) is 29.6 Å². The third kappa shape index (κ3) is 20.0. The first-order valence-electron chi connectivity index (χ1n) is 39.4. The van der Waals surface area contributed by atoms with E-state index >= 15 is 0 Å². The molecule has 10 heterocycles. The van der Waals surface area contributed by atoms with Crippen molar-refractivity contribution in [1.29, 1.82) is 0 Å². The van der Waals surface area contributed by atoms with Gasteiger partial charge in [-0.05, 0) is 166 Å². The van der Waals surface area contributed by atoms with Gasteiger partial charge in [0.05, 0.1) is 34.7 Å². The number of Topliss-reactive ketones (excluding diaryl/α,β-unsaturated/α-hetero) is 5. The molecule has 27 heteroatoms. The van der Waals surface area contributed by atoms with Gasteiger partial charge in [0, 0.05) is 112 Å². The number of hydrogen-bond donors (Lipinski definition) is 5. The molecule has 0 bridgehead atoms. The lowest BCUT2D eigenvalue weighted by molar-refractivity contribution is 0.100. The summed E-state index contributed by atoms with van der Waals surface area (Å²) in [6.45, 7) is 15.2. The molecule has 0 spiro atoms. The number of carbonyl (C=O) groups excluding carboxylic acids is 6. The summed E-state index contributed by atoms with van der Waals surface area (Å²) in [6.07, 6.45) is 39.6. The van der Waals surface area contributed by atoms with Crippen LogP contribution in [-0.4, -0.2) is 135 Å². The normalized spacial score (nSPS) is 16.1. The monoisotopic (exact) mass is 1470 g/mol. The van der Waals surface area contributed by atoms with Crippen LogP contribution >= 0.6 is 0 Å². The van der Waals surface area contributed by atoms with E-state index in [1.165, 1.54) is 168 Å². The molecule has 0 atom stereocenters. The fraction of sp³-hybridized carbons (Fsp3) is 0.556. The van der Waals surface area contributed by atoms with Crippen LogP contribution < -0.4 is 27.0 Å². The predicted octanol–water partition coefficient (Wildman–Crippen LogP) is 16.3. The van der Waals surface area contributed by atoms with Crippen LogP contribution in [0, 0.1) is 29.6 Å². The summed E-state index contributed by atoms with van der Waals surface area (Å²) in [5, 5.41) is 12.3. The van der Waals surface area contributed by atoms with Gasteiger partial charge in [0.25, 0.3) is 0 Å². The predicted molar refractivity (Wildman–Crippen MR) is 424 cm³/mol. The van der Waals surface area contributed by atoms with Crippen molar-refractivity contribution >= 4 is 121 Å². The Balaban J connectivity index is 0.000000134. The average Bonchev–Trinajstić information content (AvgIpc) is 1.67.